The Labute approximate surface area is 111 Å². The van der Waals surface area contributed by atoms with Crippen molar-refractivity contribution in [2.24, 2.45) is 16.5 Å². The third-order valence-corrected chi connectivity index (χ3v) is 2.25. The van der Waals surface area contributed by atoms with E-state index >= 15 is 0 Å². The van der Waals surface area contributed by atoms with Crippen LogP contribution in [0.1, 0.15) is 10.4 Å². The summed E-state index contributed by atoms with van der Waals surface area (Å²) in [6, 6.07) is 10.9. The minimum Gasteiger partial charge on any atom is -0.370 e. The maximum atomic E-state index is 11.5. The quantitative estimate of drug-likeness (QED) is 0.633. The molecular formula is C12H13ClN4O. The predicted molar refractivity (Wildman–Crippen MR) is 73.2 cm³/mol. The second-order valence-electron chi connectivity index (χ2n) is 3.48. The molecule has 18 heavy (non-hydrogen) atoms. The van der Waals surface area contributed by atoms with Gasteiger partial charge in [0.05, 0.1) is 0 Å². The zero-order valence-electron chi connectivity index (χ0n) is 9.48. The smallest absolute Gasteiger partial charge is 0.280 e. The minimum atomic E-state index is -0.441. The molecule has 0 unspecified atom stereocenters. The van der Waals surface area contributed by atoms with Gasteiger partial charge in [-0.1, -0.05) is 0 Å². The van der Waals surface area contributed by atoms with Crippen molar-refractivity contribution < 1.29 is 4.79 Å². The van der Waals surface area contributed by atoms with Gasteiger partial charge in [-0.05, 0) is 36.4 Å². The van der Waals surface area contributed by atoms with Gasteiger partial charge in [-0.3, -0.25) is 4.79 Å². The summed E-state index contributed by atoms with van der Waals surface area (Å²) in [5.41, 5.74) is 11.7. The Kier molecular flexibility index (Phi) is 4.51. The lowest BCUT2D eigenvalue weighted by Crippen LogP contribution is -2.24. The Morgan fingerprint density at radius 3 is 2.11 bits per heavy atom. The van der Waals surface area contributed by atoms with E-state index in [-0.39, 0.29) is 18.4 Å². The predicted octanol–water partition coefficient (Wildman–Crippen LogP) is 1.31. The number of aliphatic imine (C=N–C) groups is 1. The lowest BCUT2D eigenvalue weighted by atomic mass is 10.2. The number of nitrogens with zero attached hydrogens (tertiary/aromatic N) is 2. The largest absolute Gasteiger partial charge is 0.370 e. The van der Waals surface area contributed by atoms with E-state index in [0.717, 1.165) is 5.69 Å². The highest BCUT2D eigenvalue weighted by Gasteiger charge is 2.04. The summed E-state index contributed by atoms with van der Waals surface area (Å²) in [7, 11) is 0. The van der Waals surface area contributed by atoms with Crippen molar-refractivity contribution in [3.63, 3.8) is 0 Å². The van der Waals surface area contributed by atoms with Crippen LogP contribution in [-0.4, -0.2) is 16.4 Å². The average Bonchev–Trinajstić information content (AvgIpc) is 2.82. The summed E-state index contributed by atoms with van der Waals surface area (Å²) < 4.78 is 1.94. The number of hydrogen-bond donors (Lipinski definition) is 2. The normalized spacial score (nSPS) is 9.33. The molecule has 1 aromatic heterocycles. The van der Waals surface area contributed by atoms with Crippen molar-refractivity contribution in [1.82, 2.24) is 4.57 Å². The van der Waals surface area contributed by atoms with Crippen LogP contribution < -0.4 is 11.5 Å². The minimum absolute atomic E-state index is 0. The van der Waals surface area contributed by atoms with Crippen molar-refractivity contribution >= 4 is 24.3 Å². The molecular weight excluding hydrogens is 252 g/mol. The maximum absolute atomic E-state index is 11.5. The Balaban J connectivity index is 0.00000162. The van der Waals surface area contributed by atoms with Gasteiger partial charge >= 0.3 is 0 Å². The Morgan fingerprint density at radius 2 is 1.61 bits per heavy atom. The van der Waals surface area contributed by atoms with Crippen LogP contribution in [0, 0.1) is 0 Å². The number of rotatable bonds is 2. The molecule has 0 aliphatic rings. The highest BCUT2D eigenvalue weighted by molar-refractivity contribution is 6.01. The van der Waals surface area contributed by atoms with Crippen LogP contribution in [0.3, 0.4) is 0 Å². The zero-order valence-corrected chi connectivity index (χ0v) is 10.3. The number of carbonyl (C=O) groups is 1. The van der Waals surface area contributed by atoms with E-state index in [1.54, 1.807) is 12.1 Å². The SMILES string of the molecule is Cl.NC(N)=NC(=O)c1ccc(-n2cccc2)cc1. The molecule has 5 nitrogen and oxygen atoms in total. The first kappa shape index (κ1) is 13.8. The van der Waals surface area contributed by atoms with Crippen LogP contribution in [-0.2, 0) is 0 Å². The number of nitrogens with two attached hydrogens (primary N) is 2. The first-order valence-corrected chi connectivity index (χ1v) is 5.04. The van der Waals surface area contributed by atoms with Crippen molar-refractivity contribution in [3.8, 4) is 5.69 Å². The summed E-state index contributed by atoms with van der Waals surface area (Å²) in [5, 5.41) is 0. The molecule has 2 rings (SSSR count). The van der Waals surface area contributed by atoms with E-state index in [1.807, 2.05) is 41.2 Å². The number of carbonyl (C=O) groups excluding carboxylic acids is 1. The zero-order chi connectivity index (χ0) is 12.3. The molecule has 0 atom stereocenters. The number of aromatic nitrogens is 1. The number of benzene rings is 1. The van der Waals surface area contributed by atoms with Gasteiger partial charge in [-0.15, -0.1) is 12.4 Å². The van der Waals surface area contributed by atoms with Gasteiger partial charge in [0, 0.05) is 23.6 Å². The molecule has 6 heteroatoms. The van der Waals surface area contributed by atoms with Crippen LogP contribution in [0.5, 0.6) is 0 Å². The van der Waals surface area contributed by atoms with Gasteiger partial charge in [0.1, 0.15) is 0 Å². The summed E-state index contributed by atoms with van der Waals surface area (Å²) in [5.74, 6) is -0.673. The van der Waals surface area contributed by atoms with Gasteiger partial charge in [0.15, 0.2) is 5.96 Å². The monoisotopic (exact) mass is 264 g/mol. The molecule has 0 fully saturated rings. The molecule has 1 amide bonds. The van der Waals surface area contributed by atoms with Crippen molar-refractivity contribution in [3.05, 3.63) is 54.4 Å². The fraction of sp³-hybridized carbons (Fsp3) is 0. The van der Waals surface area contributed by atoms with E-state index in [2.05, 4.69) is 4.99 Å². The Morgan fingerprint density at radius 1 is 1.06 bits per heavy atom. The molecule has 1 heterocycles. The van der Waals surface area contributed by atoms with E-state index in [4.69, 9.17) is 11.5 Å². The number of amides is 1. The standard InChI is InChI=1S/C12H12N4O.ClH/c13-12(14)15-11(17)9-3-5-10(6-4-9)16-7-1-2-8-16;/h1-8H,(H4,13,14,15,17);1H. The molecule has 0 spiro atoms. The molecule has 0 saturated carbocycles. The summed E-state index contributed by atoms with van der Waals surface area (Å²) in [6.45, 7) is 0. The van der Waals surface area contributed by atoms with Crippen LogP contribution in [0.2, 0.25) is 0 Å². The van der Waals surface area contributed by atoms with Gasteiger partial charge in [0.2, 0.25) is 0 Å². The van der Waals surface area contributed by atoms with Crippen LogP contribution in [0.4, 0.5) is 0 Å². The molecule has 0 aliphatic heterocycles. The summed E-state index contributed by atoms with van der Waals surface area (Å²) in [6.07, 6.45) is 3.85. The second-order valence-corrected chi connectivity index (χ2v) is 3.48. The van der Waals surface area contributed by atoms with E-state index in [0.29, 0.717) is 5.56 Å². The summed E-state index contributed by atoms with van der Waals surface area (Å²) >= 11 is 0. The maximum Gasteiger partial charge on any atom is 0.280 e. The molecule has 0 aliphatic carbocycles. The van der Waals surface area contributed by atoms with E-state index in [9.17, 15) is 4.79 Å². The molecule has 94 valence electrons. The highest BCUT2D eigenvalue weighted by Crippen LogP contribution is 2.10. The molecule has 2 aromatic rings. The van der Waals surface area contributed by atoms with Gasteiger partial charge in [0.25, 0.3) is 5.91 Å². The van der Waals surface area contributed by atoms with Gasteiger partial charge in [-0.2, -0.15) is 4.99 Å². The molecule has 4 N–H and O–H groups in total. The first-order valence-electron chi connectivity index (χ1n) is 5.04. The lowest BCUT2D eigenvalue weighted by Gasteiger charge is -2.03. The second kappa shape index (κ2) is 5.88. The first-order chi connectivity index (χ1) is 8.16. The van der Waals surface area contributed by atoms with Crippen LogP contribution >= 0.6 is 12.4 Å². The third-order valence-electron chi connectivity index (χ3n) is 2.25. The van der Waals surface area contributed by atoms with E-state index < -0.39 is 5.91 Å². The fourth-order valence-corrected chi connectivity index (χ4v) is 1.46. The Hall–Kier alpha value is -2.27. The average molecular weight is 265 g/mol. The lowest BCUT2D eigenvalue weighted by molar-refractivity contribution is 0.100. The third kappa shape index (κ3) is 3.11. The fourth-order valence-electron chi connectivity index (χ4n) is 1.46. The summed E-state index contributed by atoms with van der Waals surface area (Å²) in [4.78, 5) is 15.0. The molecule has 0 bridgehead atoms. The molecule has 1 aromatic carbocycles. The number of hydrogen-bond acceptors (Lipinski definition) is 1. The number of guanidine groups is 1. The highest BCUT2D eigenvalue weighted by atomic mass is 35.5. The number of halogens is 1. The van der Waals surface area contributed by atoms with Gasteiger partial charge in [-0.25, -0.2) is 0 Å². The van der Waals surface area contributed by atoms with E-state index in [1.165, 1.54) is 0 Å². The van der Waals surface area contributed by atoms with Crippen molar-refractivity contribution in [2.45, 2.75) is 0 Å². The van der Waals surface area contributed by atoms with Gasteiger partial charge < -0.3 is 16.0 Å². The van der Waals surface area contributed by atoms with Crippen LogP contribution in [0.25, 0.3) is 5.69 Å². The Bertz CT molecular complexity index is 542. The molecule has 0 saturated heterocycles. The topological polar surface area (TPSA) is 86.4 Å². The van der Waals surface area contributed by atoms with Crippen molar-refractivity contribution in [1.29, 1.82) is 0 Å². The van der Waals surface area contributed by atoms with Crippen LogP contribution in [0.15, 0.2) is 53.8 Å². The molecule has 0 radical (unpaired) electrons. The van der Waals surface area contributed by atoms with Crippen molar-refractivity contribution in [2.75, 3.05) is 0 Å².